The summed E-state index contributed by atoms with van der Waals surface area (Å²) in [6.45, 7) is 2.05. The van der Waals surface area contributed by atoms with Crippen molar-refractivity contribution in [2.24, 2.45) is 0 Å². The van der Waals surface area contributed by atoms with Gasteiger partial charge in [0.25, 0.3) is 11.8 Å². The fraction of sp³-hybridized carbons (Fsp3) is 0.130. The van der Waals surface area contributed by atoms with Gasteiger partial charge in [0, 0.05) is 28.5 Å². The Labute approximate surface area is 158 Å². The molecule has 0 aromatic heterocycles. The van der Waals surface area contributed by atoms with Crippen LogP contribution in [0.4, 0.5) is 11.4 Å². The van der Waals surface area contributed by atoms with E-state index < -0.39 is 0 Å². The molecular formula is C23H20N2O2. The lowest BCUT2D eigenvalue weighted by Gasteiger charge is -2.23. The van der Waals surface area contributed by atoms with Crippen LogP contribution in [0.5, 0.6) is 0 Å². The molecule has 0 saturated heterocycles. The summed E-state index contributed by atoms with van der Waals surface area (Å²) in [5.74, 6) is -0.247. The van der Waals surface area contributed by atoms with Crippen LogP contribution < -0.4 is 10.2 Å². The van der Waals surface area contributed by atoms with Crippen LogP contribution in [0.25, 0.3) is 0 Å². The Morgan fingerprint density at radius 3 is 2.41 bits per heavy atom. The van der Waals surface area contributed by atoms with Crippen LogP contribution in [-0.4, -0.2) is 17.9 Å². The maximum absolute atomic E-state index is 13.1. The number of nitrogens with zero attached hydrogens (tertiary/aromatic N) is 1. The van der Waals surface area contributed by atoms with Crippen molar-refractivity contribution in [3.05, 3.63) is 95.6 Å². The van der Waals surface area contributed by atoms with Crippen LogP contribution in [0.15, 0.2) is 78.9 Å². The molecule has 1 aliphatic heterocycles. The van der Waals surface area contributed by atoms with E-state index in [4.69, 9.17) is 0 Å². The summed E-state index contributed by atoms with van der Waals surface area (Å²) in [7, 11) is 0. The van der Waals surface area contributed by atoms with E-state index in [1.807, 2.05) is 41.3 Å². The van der Waals surface area contributed by atoms with E-state index >= 15 is 0 Å². The molecule has 3 aromatic rings. The number of benzene rings is 3. The molecule has 134 valence electrons. The summed E-state index contributed by atoms with van der Waals surface area (Å²) in [4.78, 5) is 27.3. The topological polar surface area (TPSA) is 49.4 Å². The second-order valence-corrected chi connectivity index (χ2v) is 6.76. The fourth-order valence-corrected chi connectivity index (χ4v) is 3.54. The summed E-state index contributed by atoms with van der Waals surface area (Å²) in [6.07, 6.45) is 0.854. The molecule has 4 rings (SSSR count). The molecule has 1 unspecified atom stereocenters. The molecule has 4 nitrogen and oxygen atoms in total. The average Bonchev–Trinajstić information content (AvgIpc) is 3.04. The van der Waals surface area contributed by atoms with Crippen LogP contribution in [0.3, 0.4) is 0 Å². The quantitative estimate of drug-likeness (QED) is 0.749. The molecule has 0 fully saturated rings. The molecule has 4 heteroatoms. The molecule has 0 saturated carbocycles. The van der Waals surface area contributed by atoms with Crippen LogP contribution in [-0.2, 0) is 6.42 Å². The molecule has 3 aromatic carbocycles. The van der Waals surface area contributed by atoms with Crippen molar-refractivity contribution in [3.63, 3.8) is 0 Å². The van der Waals surface area contributed by atoms with E-state index in [0.29, 0.717) is 16.8 Å². The Balaban J connectivity index is 1.58. The van der Waals surface area contributed by atoms with E-state index in [0.717, 1.165) is 12.1 Å². The highest BCUT2D eigenvalue weighted by molar-refractivity contribution is 6.09. The monoisotopic (exact) mass is 356 g/mol. The summed E-state index contributed by atoms with van der Waals surface area (Å²) in [5.41, 5.74) is 3.90. The predicted molar refractivity (Wildman–Crippen MR) is 107 cm³/mol. The van der Waals surface area contributed by atoms with Gasteiger partial charge in [-0.05, 0) is 55.3 Å². The van der Waals surface area contributed by atoms with Gasteiger partial charge in [0.1, 0.15) is 0 Å². The zero-order valence-corrected chi connectivity index (χ0v) is 15.1. The van der Waals surface area contributed by atoms with Crippen LogP contribution >= 0.6 is 0 Å². The van der Waals surface area contributed by atoms with Gasteiger partial charge in [0.15, 0.2) is 0 Å². The zero-order valence-electron chi connectivity index (χ0n) is 15.1. The van der Waals surface area contributed by atoms with Gasteiger partial charge in [-0.3, -0.25) is 9.59 Å². The van der Waals surface area contributed by atoms with Gasteiger partial charge >= 0.3 is 0 Å². The fourth-order valence-electron chi connectivity index (χ4n) is 3.54. The van der Waals surface area contributed by atoms with Crippen LogP contribution in [0.1, 0.15) is 33.2 Å². The molecular weight excluding hydrogens is 336 g/mol. The summed E-state index contributed by atoms with van der Waals surface area (Å²) in [6, 6.07) is 24.2. The molecule has 1 N–H and O–H groups in total. The Morgan fingerprint density at radius 1 is 0.889 bits per heavy atom. The lowest BCUT2D eigenvalue weighted by atomic mass is 10.1. The SMILES string of the molecule is CC1Cc2ccccc2N1C(=O)c1cccc(NC(=O)c2ccccc2)c1. The number of amides is 2. The minimum absolute atomic E-state index is 0.0525. The molecule has 1 atom stereocenters. The maximum Gasteiger partial charge on any atom is 0.258 e. The van der Waals surface area contributed by atoms with E-state index in [9.17, 15) is 9.59 Å². The van der Waals surface area contributed by atoms with E-state index in [1.54, 1.807) is 36.4 Å². The van der Waals surface area contributed by atoms with Crippen molar-refractivity contribution in [2.75, 3.05) is 10.2 Å². The number of carbonyl (C=O) groups is 2. The smallest absolute Gasteiger partial charge is 0.258 e. The number of fused-ring (bicyclic) bond motifs is 1. The van der Waals surface area contributed by atoms with E-state index in [1.165, 1.54) is 5.56 Å². The molecule has 0 bridgehead atoms. The summed E-state index contributed by atoms with van der Waals surface area (Å²) in [5, 5.41) is 2.86. The molecule has 0 radical (unpaired) electrons. The highest BCUT2D eigenvalue weighted by Gasteiger charge is 2.31. The van der Waals surface area contributed by atoms with Gasteiger partial charge in [0.05, 0.1) is 0 Å². The number of para-hydroxylation sites is 1. The van der Waals surface area contributed by atoms with Crippen molar-refractivity contribution in [1.29, 1.82) is 0 Å². The number of nitrogens with one attached hydrogen (secondary N) is 1. The second-order valence-electron chi connectivity index (χ2n) is 6.76. The molecule has 0 aliphatic carbocycles. The van der Waals surface area contributed by atoms with E-state index in [2.05, 4.69) is 18.3 Å². The minimum Gasteiger partial charge on any atom is -0.322 e. The van der Waals surface area contributed by atoms with Crippen molar-refractivity contribution < 1.29 is 9.59 Å². The first-order chi connectivity index (χ1) is 13.1. The first-order valence-corrected chi connectivity index (χ1v) is 9.01. The van der Waals surface area contributed by atoms with Crippen molar-refractivity contribution in [3.8, 4) is 0 Å². The van der Waals surface area contributed by atoms with Gasteiger partial charge in [-0.2, -0.15) is 0 Å². The average molecular weight is 356 g/mol. The van der Waals surface area contributed by atoms with Gasteiger partial charge in [-0.15, -0.1) is 0 Å². The normalized spacial score (nSPS) is 15.3. The van der Waals surface area contributed by atoms with Crippen molar-refractivity contribution in [1.82, 2.24) is 0 Å². The third-order valence-electron chi connectivity index (χ3n) is 4.83. The van der Waals surface area contributed by atoms with Crippen molar-refractivity contribution >= 4 is 23.2 Å². The Kier molecular flexibility index (Phi) is 4.47. The standard InChI is InChI=1S/C23H20N2O2/c1-16-14-18-10-5-6-13-21(18)25(16)23(27)19-11-7-12-20(15-19)24-22(26)17-8-3-2-4-9-17/h2-13,15-16H,14H2,1H3,(H,24,26). The molecule has 1 aliphatic rings. The molecule has 0 spiro atoms. The Bertz CT molecular complexity index is 998. The van der Waals surface area contributed by atoms with Gasteiger partial charge in [0.2, 0.25) is 0 Å². The Morgan fingerprint density at radius 2 is 1.59 bits per heavy atom. The van der Waals surface area contributed by atoms with Crippen molar-refractivity contribution in [2.45, 2.75) is 19.4 Å². The molecule has 2 amide bonds. The highest BCUT2D eigenvalue weighted by atomic mass is 16.2. The highest BCUT2D eigenvalue weighted by Crippen LogP contribution is 2.33. The first kappa shape index (κ1) is 17.0. The number of anilines is 2. The Hall–Kier alpha value is -3.40. The van der Waals surface area contributed by atoms with Gasteiger partial charge < -0.3 is 10.2 Å². The van der Waals surface area contributed by atoms with Gasteiger partial charge in [-0.1, -0.05) is 42.5 Å². The number of carbonyl (C=O) groups excluding carboxylic acids is 2. The summed E-state index contributed by atoms with van der Waals surface area (Å²) >= 11 is 0. The summed E-state index contributed by atoms with van der Waals surface area (Å²) < 4.78 is 0. The number of rotatable bonds is 3. The van der Waals surface area contributed by atoms with Gasteiger partial charge in [-0.25, -0.2) is 0 Å². The predicted octanol–water partition coefficient (Wildman–Crippen LogP) is 4.53. The second kappa shape index (κ2) is 7.08. The number of hydrogen-bond acceptors (Lipinski definition) is 2. The maximum atomic E-state index is 13.1. The first-order valence-electron chi connectivity index (χ1n) is 9.01. The third kappa shape index (κ3) is 3.34. The number of hydrogen-bond donors (Lipinski definition) is 1. The lowest BCUT2D eigenvalue weighted by Crippen LogP contribution is -2.35. The molecule has 1 heterocycles. The largest absolute Gasteiger partial charge is 0.322 e. The van der Waals surface area contributed by atoms with Crippen LogP contribution in [0.2, 0.25) is 0 Å². The van der Waals surface area contributed by atoms with E-state index in [-0.39, 0.29) is 17.9 Å². The molecule has 27 heavy (non-hydrogen) atoms. The minimum atomic E-state index is -0.194. The third-order valence-corrected chi connectivity index (χ3v) is 4.83. The zero-order chi connectivity index (χ0) is 18.8. The van der Waals surface area contributed by atoms with Crippen LogP contribution in [0, 0.1) is 0 Å². The lowest BCUT2D eigenvalue weighted by molar-refractivity contribution is 0.0979.